The van der Waals surface area contributed by atoms with Crippen molar-refractivity contribution in [3.8, 4) is 0 Å². The normalized spacial score (nSPS) is 11.2. The minimum atomic E-state index is -1.07. The van der Waals surface area contributed by atoms with Gasteiger partial charge in [-0.1, -0.05) is 11.6 Å². The van der Waals surface area contributed by atoms with Crippen molar-refractivity contribution in [2.45, 2.75) is 33.3 Å². The van der Waals surface area contributed by atoms with Crippen LogP contribution >= 0.6 is 0 Å². The average molecular weight is 265 g/mol. The highest BCUT2D eigenvalue weighted by Crippen LogP contribution is 2.17. The molecular formula is C14H19NO4. The molecule has 5 nitrogen and oxygen atoms in total. The molecule has 0 saturated carbocycles. The third kappa shape index (κ3) is 5.09. The fourth-order valence-corrected chi connectivity index (χ4v) is 1.41. The minimum Gasteiger partial charge on any atom is -0.478 e. The molecule has 0 atom stereocenters. The first kappa shape index (κ1) is 15.2. The zero-order chi connectivity index (χ0) is 14.6. The van der Waals surface area contributed by atoms with Gasteiger partial charge in [-0.05, 0) is 39.8 Å². The zero-order valence-corrected chi connectivity index (χ0v) is 11.6. The Morgan fingerprint density at radius 3 is 2.47 bits per heavy atom. The molecule has 0 aliphatic heterocycles. The highest BCUT2D eigenvalue weighted by atomic mass is 16.5. The second kappa shape index (κ2) is 5.84. The largest absolute Gasteiger partial charge is 0.478 e. The zero-order valence-electron chi connectivity index (χ0n) is 11.6. The fourth-order valence-electron chi connectivity index (χ4n) is 1.41. The van der Waals surface area contributed by atoms with Crippen LogP contribution in [0.5, 0.6) is 0 Å². The summed E-state index contributed by atoms with van der Waals surface area (Å²) in [4.78, 5) is 22.8. The highest BCUT2D eigenvalue weighted by molar-refractivity contribution is 6.01. The number of amides is 1. The van der Waals surface area contributed by atoms with Crippen LogP contribution in [0.15, 0.2) is 18.2 Å². The first-order valence-electron chi connectivity index (χ1n) is 5.97. The van der Waals surface area contributed by atoms with E-state index in [4.69, 9.17) is 9.84 Å². The second-order valence-corrected chi connectivity index (χ2v) is 5.30. The topological polar surface area (TPSA) is 75.6 Å². The maximum Gasteiger partial charge on any atom is 0.337 e. The Morgan fingerprint density at radius 2 is 1.95 bits per heavy atom. The van der Waals surface area contributed by atoms with Crippen LogP contribution in [0.1, 0.15) is 36.7 Å². The van der Waals surface area contributed by atoms with Crippen LogP contribution in [0, 0.1) is 6.92 Å². The SMILES string of the molecule is Cc1ccc(NC(=O)COC(C)(C)C)c(C(=O)O)c1. The average Bonchev–Trinajstić information content (AvgIpc) is 2.28. The lowest BCUT2D eigenvalue weighted by Crippen LogP contribution is -2.27. The summed E-state index contributed by atoms with van der Waals surface area (Å²) < 4.78 is 5.33. The number of carbonyl (C=O) groups is 2. The molecule has 1 aromatic rings. The first-order chi connectivity index (χ1) is 8.69. The molecule has 2 N–H and O–H groups in total. The molecule has 1 rings (SSSR count). The second-order valence-electron chi connectivity index (χ2n) is 5.30. The molecule has 104 valence electrons. The summed E-state index contributed by atoms with van der Waals surface area (Å²) in [6.07, 6.45) is 0. The fraction of sp³-hybridized carbons (Fsp3) is 0.429. The smallest absolute Gasteiger partial charge is 0.337 e. The lowest BCUT2D eigenvalue weighted by Gasteiger charge is -2.19. The lowest BCUT2D eigenvalue weighted by molar-refractivity contribution is -0.125. The number of nitrogens with one attached hydrogen (secondary N) is 1. The lowest BCUT2D eigenvalue weighted by atomic mass is 10.1. The van der Waals surface area contributed by atoms with E-state index in [9.17, 15) is 9.59 Å². The van der Waals surface area contributed by atoms with Crippen molar-refractivity contribution in [3.05, 3.63) is 29.3 Å². The Morgan fingerprint density at radius 1 is 1.32 bits per heavy atom. The van der Waals surface area contributed by atoms with Gasteiger partial charge < -0.3 is 15.2 Å². The summed E-state index contributed by atoms with van der Waals surface area (Å²) in [6, 6.07) is 4.84. The highest BCUT2D eigenvalue weighted by Gasteiger charge is 2.15. The van der Waals surface area contributed by atoms with Crippen molar-refractivity contribution in [3.63, 3.8) is 0 Å². The summed E-state index contributed by atoms with van der Waals surface area (Å²) in [5.74, 6) is -1.45. The Balaban J connectivity index is 2.77. The molecule has 0 heterocycles. The van der Waals surface area contributed by atoms with Crippen molar-refractivity contribution in [1.29, 1.82) is 0 Å². The number of carboxylic acids is 1. The van der Waals surface area contributed by atoms with Crippen molar-refractivity contribution in [2.24, 2.45) is 0 Å². The molecular weight excluding hydrogens is 246 g/mol. The van der Waals surface area contributed by atoms with E-state index in [1.54, 1.807) is 19.1 Å². The number of ether oxygens (including phenoxy) is 1. The van der Waals surface area contributed by atoms with Crippen molar-refractivity contribution in [2.75, 3.05) is 11.9 Å². The van der Waals surface area contributed by atoms with Gasteiger partial charge in [0.1, 0.15) is 6.61 Å². The van der Waals surface area contributed by atoms with E-state index < -0.39 is 11.6 Å². The van der Waals surface area contributed by atoms with Gasteiger partial charge >= 0.3 is 5.97 Å². The molecule has 0 spiro atoms. The predicted molar refractivity (Wildman–Crippen MR) is 72.5 cm³/mol. The van der Waals surface area contributed by atoms with Crippen molar-refractivity contribution < 1.29 is 19.4 Å². The van der Waals surface area contributed by atoms with Crippen LogP contribution in [-0.4, -0.2) is 29.2 Å². The maximum absolute atomic E-state index is 11.7. The standard InChI is InChI=1S/C14H19NO4/c1-9-5-6-11(10(7-9)13(17)18)15-12(16)8-19-14(2,3)4/h5-7H,8H2,1-4H3,(H,15,16)(H,17,18). The molecule has 5 heteroatoms. The molecule has 0 aliphatic rings. The van der Waals surface area contributed by atoms with Gasteiger partial charge in [-0.15, -0.1) is 0 Å². The van der Waals surface area contributed by atoms with Gasteiger partial charge in [-0.25, -0.2) is 4.79 Å². The third-order valence-electron chi connectivity index (χ3n) is 2.32. The van der Waals surface area contributed by atoms with Gasteiger partial charge in [0.15, 0.2) is 0 Å². The Kier molecular flexibility index (Phi) is 4.67. The molecule has 1 aromatic carbocycles. The van der Waals surface area contributed by atoms with E-state index in [0.29, 0.717) is 0 Å². The molecule has 0 aliphatic carbocycles. The summed E-state index contributed by atoms with van der Waals surface area (Å²) in [7, 11) is 0. The Hall–Kier alpha value is -1.88. The number of carboxylic acid groups (broad SMARTS) is 1. The monoisotopic (exact) mass is 265 g/mol. The van der Waals surface area contributed by atoms with Crippen LogP contribution in [0.25, 0.3) is 0 Å². The van der Waals surface area contributed by atoms with Crippen LogP contribution in [0.3, 0.4) is 0 Å². The van der Waals surface area contributed by atoms with E-state index in [2.05, 4.69) is 5.32 Å². The Labute approximate surface area is 112 Å². The van der Waals surface area contributed by atoms with Gasteiger partial charge in [-0.2, -0.15) is 0 Å². The molecule has 1 amide bonds. The quantitative estimate of drug-likeness (QED) is 0.876. The minimum absolute atomic E-state index is 0.0732. The van der Waals surface area contributed by atoms with Crippen molar-refractivity contribution in [1.82, 2.24) is 0 Å². The molecule has 0 saturated heterocycles. The van der Waals surface area contributed by atoms with Crippen LogP contribution < -0.4 is 5.32 Å². The summed E-state index contributed by atoms with van der Waals surface area (Å²) >= 11 is 0. The van der Waals surface area contributed by atoms with Gasteiger partial charge in [0.2, 0.25) is 5.91 Å². The number of hydrogen-bond donors (Lipinski definition) is 2. The van der Waals surface area contributed by atoms with Crippen molar-refractivity contribution >= 4 is 17.6 Å². The summed E-state index contributed by atoms with van der Waals surface area (Å²) in [6.45, 7) is 7.20. The number of anilines is 1. The van der Waals surface area contributed by atoms with E-state index in [1.807, 2.05) is 20.8 Å². The number of aryl methyl sites for hydroxylation is 1. The van der Waals surface area contributed by atoms with Gasteiger partial charge in [0.05, 0.1) is 16.9 Å². The number of benzene rings is 1. The molecule has 0 fully saturated rings. The first-order valence-corrected chi connectivity index (χ1v) is 5.97. The summed E-state index contributed by atoms with van der Waals surface area (Å²) in [5.41, 5.74) is 0.756. The predicted octanol–water partition coefficient (Wildman–Crippen LogP) is 2.45. The third-order valence-corrected chi connectivity index (χ3v) is 2.32. The number of carbonyl (C=O) groups excluding carboxylic acids is 1. The van der Waals surface area contributed by atoms with E-state index in [0.717, 1.165) is 5.56 Å². The Bertz CT molecular complexity index is 489. The number of hydrogen-bond acceptors (Lipinski definition) is 3. The molecule has 19 heavy (non-hydrogen) atoms. The molecule has 0 unspecified atom stereocenters. The molecule has 0 bridgehead atoms. The van der Waals surface area contributed by atoms with Gasteiger partial charge in [-0.3, -0.25) is 4.79 Å². The van der Waals surface area contributed by atoms with E-state index in [-0.39, 0.29) is 23.8 Å². The van der Waals surface area contributed by atoms with Crippen LogP contribution in [0.2, 0.25) is 0 Å². The van der Waals surface area contributed by atoms with Gasteiger partial charge in [0, 0.05) is 0 Å². The van der Waals surface area contributed by atoms with Crippen LogP contribution in [0.4, 0.5) is 5.69 Å². The number of rotatable bonds is 4. The summed E-state index contributed by atoms with van der Waals surface area (Å²) in [5, 5.41) is 11.6. The molecule has 0 radical (unpaired) electrons. The van der Waals surface area contributed by atoms with E-state index >= 15 is 0 Å². The van der Waals surface area contributed by atoms with E-state index in [1.165, 1.54) is 6.07 Å². The maximum atomic E-state index is 11.7. The number of aromatic carboxylic acids is 1. The molecule has 0 aromatic heterocycles. The van der Waals surface area contributed by atoms with Crippen LogP contribution in [-0.2, 0) is 9.53 Å². The van der Waals surface area contributed by atoms with Gasteiger partial charge in [0.25, 0.3) is 0 Å².